The summed E-state index contributed by atoms with van der Waals surface area (Å²) in [6.07, 6.45) is 0. The number of hydrogen-bond donors (Lipinski definition) is 0. The van der Waals surface area contributed by atoms with Gasteiger partial charge in [-0.1, -0.05) is 152 Å². The van der Waals surface area contributed by atoms with Gasteiger partial charge in [0.15, 0.2) is 0 Å². The van der Waals surface area contributed by atoms with Crippen molar-refractivity contribution in [3.63, 3.8) is 0 Å². The highest BCUT2D eigenvalue weighted by molar-refractivity contribution is 6.27. The third-order valence-corrected chi connectivity index (χ3v) is 9.98. The van der Waals surface area contributed by atoms with E-state index in [0.29, 0.717) is 0 Å². The predicted molar refractivity (Wildman–Crippen MR) is 199 cm³/mol. The van der Waals surface area contributed by atoms with Gasteiger partial charge in [-0.05, 0) is 116 Å². The van der Waals surface area contributed by atoms with Crippen LogP contribution >= 0.6 is 0 Å². The zero-order valence-corrected chi connectivity index (χ0v) is 25.2. The Morgan fingerprint density at radius 1 is 0.217 bits per heavy atom. The van der Waals surface area contributed by atoms with E-state index < -0.39 is 0 Å². The first-order valence-electron chi connectivity index (χ1n) is 16.0. The van der Waals surface area contributed by atoms with Gasteiger partial charge < -0.3 is 0 Å². The van der Waals surface area contributed by atoms with E-state index in [-0.39, 0.29) is 0 Å². The highest BCUT2D eigenvalue weighted by Gasteiger charge is 2.15. The number of rotatable bonds is 3. The van der Waals surface area contributed by atoms with Gasteiger partial charge in [0.05, 0.1) is 0 Å². The molecule has 0 aromatic heterocycles. The van der Waals surface area contributed by atoms with Crippen molar-refractivity contribution in [2.45, 2.75) is 0 Å². The van der Waals surface area contributed by atoms with Gasteiger partial charge in [0.1, 0.15) is 0 Å². The maximum atomic E-state index is 2.37. The number of benzene rings is 10. The lowest BCUT2D eigenvalue weighted by Gasteiger charge is -2.17. The highest BCUT2D eigenvalue weighted by atomic mass is 14.2. The van der Waals surface area contributed by atoms with Gasteiger partial charge in [0.25, 0.3) is 0 Å². The van der Waals surface area contributed by atoms with E-state index in [4.69, 9.17) is 0 Å². The minimum atomic E-state index is 1.24. The fourth-order valence-electron chi connectivity index (χ4n) is 7.70. The molecule has 10 aromatic rings. The molecule has 0 heterocycles. The summed E-state index contributed by atoms with van der Waals surface area (Å²) in [7, 11) is 0. The standard InChI is InChI=1S/C46H28/c1-2-6-30(7-3-1)40-22-18-33-21-25-43-41(23-19-34-20-24-42(40)45(33)46(34)43)37-17-11-29-10-15-35(26-38(29)27-37)36-16-14-32-13-12-31-8-4-5-9-39(31)44(32)28-36/h1-28H. The fraction of sp³-hybridized carbons (Fsp3) is 0. The Balaban J connectivity index is 1.14. The Labute approximate surface area is 267 Å². The van der Waals surface area contributed by atoms with Crippen LogP contribution in [0.2, 0.25) is 0 Å². The van der Waals surface area contributed by atoms with Crippen molar-refractivity contribution in [1.82, 2.24) is 0 Å². The molecule has 0 spiro atoms. The van der Waals surface area contributed by atoms with Crippen molar-refractivity contribution in [2.24, 2.45) is 0 Å². The molecule has 0 aliphatic heterocycles. The Bertz CT molecular complexity index is 2790. The second-order valence-corrected chi connectivity index (χ2v) is 12.5. The lowest BCUT2D eigenvalue weighted by Crippen LogP contribution is -1.89. The Hall–Kier alpha value is -5.98. The topological polar surface area (TPSA) is 0 Å². The Kier molecular flexibility index (Phi) is 5.38. The molecule has 0 unspecified atom stereocenters. The molecule has 0 saturated carbocycles. The van der Waals surface area contributed by atoms with Crippen molar-refractivity contribution in [3.05, 3.63) is 170 Å². The summed E-state index contributed by atoms with van der Waals surface area (Å²) >= 11 is 0. The highest BCUT2D eigenvalue weighted by Crippen LogP contribution is 2.43. The minimum Gasteiger partial charge on any atom is -0.0622 e. The van der Waals surface area contributed by atoms with Gasteiger partial charge in [-0.3, -0.25) is 0 Å². The summed E-state index contributed by atoms with van der Waals surface area (Å²) in [6, 6.07) is 62.9. The van der Waals surface area contributed by atoms with E-state index in [0.717, 1.165) is 0 Å². The fourth-order valence-corrected chi connectivity index (χ4v) is 7.70. The lowest BCUT2D eigenvalue weighted by atomic mass is 9.87. The molecule has 0 heteroatoms. The van der Waals surface area contributed by atoms with Crippen molar-refractivity contribution >= 4 is 64.6 Å². The molecule has 0 atom stereocenters. The van der Waals surface area contributed by atoms with E-state index in [2.05, 4.69) is 170 Å². The van der Waals surface area contributed by atoms with Crippen LogP contribution in [0.15, 0.2) is 170 Å². The molecule has 0 fully saturated rings. The second-order valence-electron chi connectivity index (χ2n) is 12.5. The summed E-state index contributed by atoms with van der Waals surface area (Å²) in [5, 5.41) is 15.5. The van der Waals surface area contributed by atoms with Crippen LogP contribution in [-0.4, -0.2) is 0 Å². The molecule has 212 valence electrons. The summed E-state index contributed by atoms with van der Waals surface area (Å²) in [4.78, 5) is 0. The smallest absolute Gasteiger partial charge is 0.00203 e. The first-order valence-corrected chi connectivity index (χ1v) is 16.0. The van der Waals surface area contributed by atoms with Gasteiger partial charge in [-0.25, -0.2) is 0 Å². The lowest BCUT2D eigenvalue weighted by molar-refractivity contribution is 1.66. The quantitative estimate of drug-likeness (QED) is 0.182. The molecule has 0 aliphatic rings. The Morgan fingerprint density at radius 3 is 1.46 bits per heavy atom. The van der Waals surface area contributed by atoms with Crippen LogP contribution in [0.3, 0.4) is 0 Å². The zero-order chi connectivity index (χ0) is 30.2. The summed E-state index contributed by atoms with van der Waals surface area (Å²) in [6.45, 7) is 0. The van der Waals surface area contributed by atoms with E-state index >= 15 is 0 Å². The number of hydrogen-bond acceptors (Lipinski definition) is 0. The molecule has 10 aromatic carbocycles. The average Bonchev–Trinajstić information content (AvgIpc) is 3.13. The number of fused-ring (bicyclic) bond motifs is 4. The van der Waals surface area contributed by atoms with Crippen molar-refractivity contribution in [2.75, 3.05) is 0 Å². The third-order valence-electron chi connectivity index (χ3n) is 9.98. The second kappa shape index (κ2) is 9.76. The van der Waals surface area contributed by atoms with Gasteiger partial charge in [0.2, 0.25) is 0 Å². The van der Waals surface area contributed by atoms with Crippen molar-refractivity contribution < 1.29 is 0 Å². The molecule has 0 saturated heterocycles. The summed E-state index contributed by atoms with van der Waals surface area (Å²) in [5.74, 6) is 0. The first-order chi connectivity index (χ1) is 22.8. The van der Waals surface area contributed by atoms with Gasteiger partial charge in [-0.15, -0.1) is 0 Å². The van der Waals surface area contributed by atoms with Crippen LogP contribution in [-0.2, 0) is 0 Å². The van der Waals surface area contributed by atoms with Crippen LogP contribution < -0.4 is 0 Å². The van der Waals surface area contributed by atoms with E-state index in [1.807, 2.05) is 0 Å². The van der Waals surface area contributed by atoms with Crippen LogP contribution in [0.5, 0.6) is 0 Å². The van der Waals surface area contributed by atoms with Crippen LogP contribution in [0, 0.1) is 0 Å². The SMILES string of the molecule is c1ccc(-c2ccc3ccc4c(-c5ccc6ccc(-c7ccc8ccc9ccccc9c8c7)cc6c5)ccc5ccc2c3c54)cc1. The van der Waals surface area contributed by atoms with Gasteiger partial charge >= 0.3 is 0 Å². The normalized spacial score (nSPS) is 11.9. The minimum absolute atomic E-state index is 1.24. The molecule has 0 bridgehead atoms. The van der Waals surface area contributed by atoms with E-state index in [1.165, 1.54) is 98.0 Å². The zero-order valence-electron chi connectivity index (χ0n) is 25.2. The Morgan fingerprint density at radius 2 is 0.717 bits per heavy atom. The van der Waals surface area contributed by atoms with Crippen LogP contribution in [0.4, 0.5) is 0 Å². The van der Waals surface area contributed by atoms with E-state index in [9.17, 15) is 0 Å². The largest absolute Gasteiger partial charge is 0.0622 e. The predicted octanol–water partition coefficient (Wildman–Crippen LogP) is 13.0. The summed E-state index contributed by atoms with van der Waals surface area (Å²) < 4.78 is 0. The van der Waals surface area contributed by atoms with Crippen molar-refractivity contribution in [3.8, 4) is 33.4 Å². The molecule has 10 rings (SSSR count). The molecule has 0 nitrogen and oxygen atoms in total. The first kappa shape index (κ1) is 25.4. The molecule has 0 aliphatic carbocycles. The van der Waals surface area contributed by atoms with Crippen molar-refractivity contribution in [1.29, 1.82) is 0 Å². The maximum Gasteiger partial charge on any atom is -0.00203 e. The molecule has 0 amide bonds. The van der Waals surface area contributed by atoms with Gasteiger partial charge in [0, 0.05) is 0 Å². The molecule has 0 N–H and O–H groups in total. The average molecular weight is 581 g/mol. The van der Waals surface area contributed by atoms with Crippen LogP contribution in [0.1, 0.15) is 0 Å². The molecular formula is C46H28. The molecule has 46 heavy (non-hydrogen) atoms. The summed E-state index contributed by atoms with van der Waals surface area (Å²) in [5.41, 5.74) is 7.54. The maximum absolute atomic E-state index is 2.37. The monoisotopic (exact) mass is 580 g/mol. The van der Waals surface area contributed by atoms with Crippen LogP contribution in [0.25, 0.3) is 98.0 Å². The molecular weight excluding hydrogens is 553 g/mol. The molecule has 0 radical (unpaired) electrons. The third kappa shape index (κ3) is 3.81. The van der Waals surface area contributed by atoms with Gasteiger partial charge in [-0.2, -0.15) is 0 Å². The van der Waals surface area contributed by atoms with E-state index in [1.54, 1.807) is 0 Å².